The fourth-order valence-electron chi connectivity index (χ4n) is 9.41. The van der Waals surface area contributed by atoms with Crippen molar-refractivity contribution >= 4 is 57.4 Å². The van der Waals surface area contributed by atoms with Crippen LogP contribution in [0.4, 0.5) is 9.59 Å². The van der Waals surface area contributed by atoms with Gasteiger partial charge in [0.15, 0.2) is 0 Å². The number of fused-ring (bicyclic) bond motifs is 5. The Balaban J connectivity index is 1.02. The molecule has 4 heterocycles. The molecular weight excluding hydrogens is 772 g/mol. The Hall–Kier alpha value is -5.63. The third kappa shape index (κ3) is 7.47. The molecule has 14 nitrogen and oxygen atoms in total. The minimum atomic E-state index is -0.713. The summed E-state index contributed by atoms with van der Waals surface area (Å²) >= 11 is 6.96. The zero-order valence-corrected chi connectivity index (χ0v) is 34.9. The molecule has 0 spiro atoms. The van der Waals surface area contributed by atoms with E-state index < -0.39 is 24.3 Å². The van der Waals surface area contributed by atoms with E-state index in [0.29, 0.717) is 17.4 Å². The largest absolute Gasteiger partial charge is 0.453 e. The Bertz CT molecular complexity index is 2430. The van der Waals surface area contributed by atoms with Gasteiger partial charge in [-0.25, -0.2) is 19.6 Å². The first-order chi connectivity index (χ1) is 28.4. The van der Waals surface area contributed by atoms with Gasteiger partial charge < -0.3 is 39.9 Å². The molecule has 15 heteroatoms. The Morgan fingerprint density at radius 1 is 0.831 bits per heavy atom. The van der Waals surface area contributed by atoms with Gasteiger partial charge in [-0.1, -0.05) is 69.6 Å². The van der Waals surface area contributed by atoms with Crippen LogP contribution in [-0.4, -0.2) is 92.6 Å². The summed E-state index contributed by atoms with van der Waals surface area (Å²) in [4.78, 5) is 72.4. The number of halogens is 1. The molecule has 1 aliphatic carbocycles. The number of ether oxygens (including phenoxy) is 2. The van der Waals surface area contributed by atoms with Crippen LogP contribution in [0, 0.1) is 17.8 Å². The Morgan fingerprint density at radius 3 is 2.22 bits per heavy atom. The molecule has 8 rings (SSSR count). The van der Waals surface area contributed by atoms with Crippen LogP contribution in [-0.2, 0) is 19.1 Å². The lowest BCUT2D eigenvalue weighted by Gasteiger charge is -2.37. The van der Waals surface area contributed by atoms with E-state index in [1.165, 1.54) is 14.2 Å². The molecule has 2 aliphatic heterocycles. The monoisotopic (exact) mass is 822 g/mol. The first-order valence-electron chi connectivity index (χ1n) is 20.5. The molecular formula is C44H51ClN8O6. The highest BCUT2D eigenvalue weighted by molar-refractivity contribution is 6.33. The molecule has 310 valence electrons. The van der Waals surface area contributed by atoms with E-state index in [-0.39, 0.29) is 47.7 Å². The minimum absolute atomic E-state index is 0.103. The van der Waals surface area contributed by atoms with E-state index in [2.05, 4.69) is 49.9 Å². The van der Waals surface area contributed by atoms with E-state index >= 15 is 0 Å². The van der Waals surface area contributed by atoms with Crippen LogP contribution >= 0.6 is 11.6 Å². The number of alkyl carbamates (subject to hydrolysis) is 2. The Labute approximate surface area is 347 Å². The third-order valence-electron chi connectivity index (χ3n) is 12.4. The van der Waals surface area contributed by atoms with Gasteiger partial charge in [0.1, 0.15) is 23.7 Å². The van der Waals surface area contributed by atoms with E-state index in [4.69, 9.17) is 26.1 Å². The number of likely N-dealkylation sites (tertiary alicyclic amines) is 2. The molecule has 3 aliphatic rings. The number of hydrogen-bond donors (Lipinski definition) is 4. The van der Waals surface area contributed by atoms with Gasteiger partial charge in [0.05, 0.1) is 54.3 Å². The lowest BCUT2D eigenvalue weighted by atomic mass is 9.95. The smallest absolute Gasteiger partial charge is 0.407 e. The molecule has 5 aromatic rings. The second kappa shape index (κ2) is 16.2. The van der Waals surface area contributed by atoms with Crippen molar-refractivity contribution in [3.05, 3.63) is 71.4 Å². The molecule has 2 aromatic heterocycles. The van der Waals surface area contributed by atoms with Crippen molar-refractivity contribution in [1.29, 1.82) is 0 Å². The molecule has 2 bridgehead atoms. The zero-order chi connectivity index (χ0) is 41.7. The van der Waals surface area contributed by atoms with Crippen LogP contribution in [0.5, 0.6) is 0 Å². The number of aromatic amines is 2. The predicted octanol–water partition coefficient (Wildman–Crippen LogP) is 7.90. The summed E-state index contributed by atoms with van der Waals surface area (Å²) in [6.07, 6.45) is 4.94. The fraction of sp³-hybridized carbons (Fsp3) is 0.455. The van der Waals surface area contributed by atoms with Crippen LogP contribution < -0.4 is 10.6 Å². The maximum absolute atomic E-state index is 14.1. The number of amides is 4. The number of rotatable bonds is 10. The fourth-order valence-corrected chi connectivity index (χ4v) is 9.69. The van der Waals surface area contributed by atoms with Gasteiger partial charge in [-0.05, 0) is 84.6 Å². The maximum Gasteiger partial charge on any atom is 0.407 e. The van der Waals surface area contributed by atoms with Gasteiger partial charge in [0.2, 0.25) is 11.8 Å². The quantitative estimate of drug-likeness (QED) is 0.110. The van der Waals surface area contributed by atoms with Crippen LogP contribution in [0.3, 0.4) is 0 Å². The number of nitrogens with zero attached hydrogens (tertiary/aromatic N) is 4. The van der Waals surface area contributed by atoms with Crippen LogP contribution in [0.15, 0.2) is 54.7 Å². The lowest BCUT2D eigenvalue weighted by Crippen LogP contribution is -2.54. The van der Waals surface area contributed by atoms with Crippen molar-refractivity contribution in [2.45, 2.75) is 90.0 Å². The molecule has 1 saturated carbocycles. The van der Waals surface area contributed by atoms with Crippen LogP contribution in [0.1, 0.15) is 83.5 Å². The van der Waals surface area contributed by atoms with Gasteiger partial charge in [0.25, 0.3) is 0 Å². The number of carbonyl (C=O) groups is 4. The molecule has 6 atom stereocenters. The number of piperidine rings is 1. The summed E-state index contributed by atoms with van der Waals surface area (Å²) < 4.78 is 9.61. The third-order valence-corrected chi connectivity index (χ3v) is 12.7. The van der Waals surface area contributed by atoms with Crippen molar-refractivity contribution < 1.29 is 28.7 Å². The summed E-state index contributed by atoms with van der Waals surface area (Å²) in [5.41, 5.74) is 5.22. The average molecular weight is 823 g/mol. The van der Waals surface area contributed by atoms with Gasteiger partial charge >= 0.3 is 12.2 Å². The van der Waals surface area contributed by atoms with Crippen molar-refractivity contribution in [2.75, 3.05) is 20.8 Å². The SMILES string of the molecule is COC(=O)NC(C(=O)N1[C@@H]2CC[C@@H](C2)[C@H]1c1nc2c(ccc3cc(-c4ccc(-c5cnc([C@@H]6CCCN6C(=O)[C@@H](NC(=O)OC)C(C)C)[nH]5)c(Cl)c4)ccc32)[nH]1)C(C)C. The van der Waals surface area contributed by atoms with Crippen molar-refractivity contribution in [1.82, 2.24) is 40.4 Å². The normalized spacial score (nSPS) is 21.1. The van der Waals surface area contributed by atoms with Gasteiger partial charge in [-0.3, -0.25) is 9.59 Å². The van der Waals surface area contributed by atoms with Crippen molar-refractivity contribution in [3.8, 4) is 22.4 Å². The van der Waals surface area contributed by atoms with Crippen LogP contribution in [0.2, 0.25) is 5.02 Å². The predicted molar refractivity (Wildman–Crippen MR) is 224 cm³/mol. The van der Waals surface area contributed by atoms with E-state index in [9.17, 15) is 19.2 Å². The molecule has 0 radical (unpaired) electrons. The number of imidazole rings is 2. The topological polar surface area (TPSA) is 175 Å². The summed E-state index contributed by atoms with van der Waals surface area (Å²) in [7, 11) is 2.59. The number of methoxy groups -OCH3 is 2. The number of carbonyl (C=O) groups excluding carboxylic acids is 4. The Kier molecular flexibility index (Phi) is 11.0. The Morgan fingerprint density at radius 2 is 1.53 bits per heavy atom. The molecule has 2 saturated heterocycles. The molecule has 4 amide bonds. The first-order valence-corrected chi connectivity index (χ1v) is 20.8. The summed E-state index contributed by atoms with van der Waals surface area (Å²) in [6.45, 7) is 8.20. The summed E-state index contributed by atoms with van der Waals surface area (Å²) in [5.74, 6) is 1.22. The zero-order valence-electron chi connectivity index (χ0n) is 34.2. The standard InChI is InChI=1S/C44H51ClN8O6/c1-22(2)35(50-43(56)58-5)41(54)52-17-7-8-34(52)39-46-21-33(48-39)30-15-11-25(20-31(30)45)24-10-14-29-26(18-24)12-16-32-37(29)49-40(47-32)38-27-9-13-28(19-27)53(38)42(55)36(23(3)4)51-44(57)59-6/h10-12,14-16,18,20-23,27-28,34-36,38H,7-9,13,17,19H2,1-6H3,(H,46,48)(H,47,49)(H,50,56)(H,51,57)/t27-,28+,34-,35-,36?,38-/m0/s1. The molecule has 59 heavy (non-hydrogen) atoms. The molecule has 4 N–H and O–H groups in total. The van der Waals surface area contributed by atoms with Gasteiger partial charge in [0, 0.05) is 23.5 Å². The molecule has 3 aromatic carbocycles. The highest BCUT2D eigenvalue weighted by atomic mass is 35.5. The molecule has 1 unspecified atom stereocenters. The van der Waals surface area contributed by atoms with E-state index in [1.807, 2.05) is 56.9 Å². The average Bonchev–Trinajstić information content (AvgIpc) is 4.08. The highest BCUT2D eigenvalue weighted by Gasteiger charge is 2.51. The number of aromatic nitrogens is 4. The van der Waals surface area contributed by atoms with Gasteiger partial charge in [-0.2, -0.15) is 0 Å². The maximum atomic E-state index is 14.1. The number of H-pyrrole nitrogens is 2. The second-order valence-corrected chi connectivity index (χ2v) is 17.1. The van der Waals surface area contributed by atoms with E-state index in [1.54, 1.807) is 11.1 Å². The van der Waals surface area contributed by atoms with Crippen molar-refractivity contribution in [3.63, 3.8) is 0 Å². The highest BCUT2D eigenvalue weighted by Crippen LogP contribution is 2.50. The van der Waals surface area contributed by atoms with E-state index in [0.717, 1.165) is 82.1 Å². The van der Waals surface area contributed by atoms with Crippen LogP contribution in [0.25, 0.3) is 44.2 Å². The first kappa shape index (κ1) is 40.2. The van der Waals surface area contributed by atoms with Gasteiger partial charge in [-0.15, -0.1) is 0 Å². The number of hydrogen-bond acceptors (Lipinski definition) is 8. The summed E-state index contributed by atoms with van der Waals surface area (Å²) in [6, 6.07) is 14.6. The minimum Gasteiger partial charge on any atom is -0.453 e. The lowest BCUT2D eigenvalue weighted by molar-refractivity contribution is -0.139. The van der Waals surface area contributed by atoms with Crippen molar-refractivity contribution in [2.24, 2.45) is 17.8 Å². The number of nitrogens with one attached hydrogen (secondary N) is 4. The number of benzene rings is 3. The second-order valence-electron chi connectivity index (χ2n) is 16.7. The summed E-state index contributed by atoms with van der Waals surface area (Å²) in [5, 5.41) is 8.03. The molecule has 3 fully saturated rings.